The number of para-hydroxylation sites is 1. The van der Waals surface area contributed by atoms with Gasteiger partial charge in [-0.1, -0.05) is 56.3 Å². The molecule has 2 amide bonds. The Morgan fingerprint density at radius 1 is 1.03 bits per heavy atom. The molecule has 0 saturated carbocycles. The summed E-state index contributed by atoms with van der Waals surface area (Å²) in [5.41, 5.74) is 5.78. The van der Waals surface area contributed by atoms with Crippen LogP contribution in [0.3, 0.4) is 0 Å². The summed E-state index contributed by atoms with van der Waals surface area (Å²) in [5.74, 6) is 1.32. The number of hydrogen-bond acceptors (Lipinski definition) is 4. The van der Waals surface area contributed by atoms with Crippen molar-refractivity contribution in [3.8, 4) is 11.5 Å². The standard InChI is InChI=1S/C32H33N3O4/c1-19(2)15-26(31(36)33-17-21-13-14-27-28(16-21)39-18-38-27)35-30(22-9-5-6-10-23(22)32(35)37)29-20(3)34(4)25-12-8-7-11-24(25)29/h5-14,16,19,26,30H,15,17-18H2,1-4H3,(H,33,36). The molecule has 7 heteroatoms. The number of carbonyl (C=O) groups excluding carboxylic acids is 2. The molecule has 0 spiro atoms. The number of hydrogen-bond donors (Lipinski definition) is 1. The molecule has 2 aliphatic heterocycles. The Bertz CT molecular complexity index is 1590. The van der Waals surface area contributed by atoms with Crippen molar-refractivity contribution in [2.45, 2.75) is 45.8 Å². The Labute approximate surface area is 228 Å². The zero-order chi connectivity index (χ0) is 27.3. The molecule has 200 valence electrons. The molecule has 0 saturated heterocycles. The number of amides is 2. The van der Waals surface area contributed by atoms with Crippen molar-refractivity contribution in [2.75, 3.05) is 6.79 Å². The van der Waals surface area contributed by atoms with E-state index in [0.717, 1.165) is 33.3 Å². The van der Waals surface area contributed by atoms with E-state index < -0.39 is 6.04 Å². The van der Waals surface area contributed by atoms with Crippen LogP contribution in [0.15, 0.2) is 66.7 Å². The van der Waals surface area contributed by atoms with Crippen molar-refractivity contribution in [2.24, 2.45) is 13.0 Å². The second kappa shape index (κ2) is 9.80. The zero-order valence-corrected chi connectivity index (χ0v) is 22.7. The van der Waals surface area contributed by atoms with Crippen LogP contribution in [0.2, 0.25) is 0 Å². The number of ether oxygens (including phenoxy) is 2. The maximum absolute atomic E-state index is 14.1. The third-order valence-electron chi connectivity index (χ3n) is 7.96. The summed E-state index contributed by atoms with van der Waals surface area (Å²) in [5, 5.41) is 4.21. The van der Waals surface area contributed by atoms with Gasteiger partial charge in [-0.15, -0.1) is 0 Å². The number of benzene rings is 3. The lowest BCUT2D eigenvalue weighted by molar-refractivity contribution is -0.126. The van der Waals surface area contributed by atoms with E-state index in [0.29, 0.717) is 30.0 Å². The van der Waals surface area contributed by atoms with Gasteiger partial charge in [-0.2, -0.15) is 0 Å². The van der Waals surface area contributed by atoms with Crippen LogP contribution < -0.4 is 14.8 Å². The van der Waals surface area contributed by atoms with Crippen molar-refractivity contribution in [3.05, 3.63) is 94.7 Å². The molecule has 0 bridgehead atoms. The lowest BCUT2D eigenvalue weighted by atomic mass is 9.93. The van der Waals surface area contributed by atoms with Crippen molar-refractivity contribution in [1.82, 2.24) is 14.8 Å². The van der Waals surface area contributed by atoms with E-state index in [1.807, 2.05) is 59.5 Å². The molecule has 6 rings (SSSR count). The average Bonchev–Trinajstić information content (AvgIpc) is 3.59. The Morgan fingerprint density at radius 2 is 1.77 bits per heavy atom. The minimum Gasteiger partial charge on any atom is -0.454 e. The maximum atomic E-state index is 14.1. The number of fused-ring (bicyclic) bond motifs is 3. The molecule has 3 aromatic carbocycles. The fourth-order valence-corrected chi connectivity index (χ4v) is 6.00. The summed E-state index contributed by atoms with van der Waals surface area (Å²) in [4.78, 5) is 29.8. The highest BCUT2D eigenvalue weighted by molar-refractivity contribution is 6.03. The van der Waals surface area contributed by atoms with Gasteiger partial charge in [-0.25, -0.2) is 0 Å². The third-order valence-corrected chi connectivity index (χ3v) is 7.96. The first kappa shape index (κ1) is 25.0. The van der Waals surface area contributed by atoms with E-state index in [9.17, 15) is 9.59 Å². The quantitative estimate of drug-likeness (QED) is 0.348. The highest BCUT2D eigenvalue weighted by Gasteiger charge is 2.45. The number of nitrogens with zero attached hydrogens (tertiary/aromatic N) is 2. The largest absolute Gasteiger partial charge is 0.454 e. The molecule has 0 aliphatic carbocycles. The number of rotatable bonds is 7. The van der Waals surface area contributed by atoms with Gasteiger partial charge in [-0.05, 0) is 54.7 Å². The van der Waals surface area contributed by atoms with Gasteiger partial charge in [0.1, 0.15) is 6.04 Å². The molecule has 3 heterocycles. The Morgan fingerprint density at radius 3 is 2.59 bits per heavy atom. The average molecular weight is 524 g/mol. The van der Waals surface area contributed by atoms with Gasteiger partial charge in [0, 0.05) is 41.3 Å². The van der Waals surface area contributed by atoms with Crippen LogP contribution in [-0.2, 0) is 18.4 Å². The summed E-state index contributed by atoms with van der Waals surface area (Å²) in [6.45, 7) is 6.80. The molecule has 39 heavy (non-hydrogen) atoms. The summed E-state index contributed by atoms with van der Waals surface area (Å²) < 4.78 is 13.1. The van der Waals surface area contributed by atoms with Crippen molar-refractivity contribution < 1.29 is 19.1 Å². The topological polar surface area (TPSA) is 72.8 Å². The molecule has 2 aliphatic rings. The predicted octanol–water partition coefficient (Wildman–Crippen LogP) is 5.49. The zero-order valence-electron chi connectivity index (χ0n) is 22.7. The van der Waals surface area contributed by atoms with E-state index >= 15 is 0 Å². The lowest BCUT2D eigenvalue weighted by Crippen LogP contribution is -2.49. The minimum absolute atomic E-state index is 0.105. The van der Waals surface area contributed by atoms with E-state index in [1.165, 1.54) is 0 Å². The highest BCUT2D eigenvalue weighted by Crippen LogP contribution is 2.45. The van der Waals surface area contributed by atoms with Crippen molar-refractivity contribution >= 4 is 22.7 Å². The van der Waals surface area contributed by atoms with E-state index in [4.69, 9.17) is 9.47 Å². The highest BCUT2D eigenvalue weighted by atomic mass is 16.7. The van der Waals surface area contributed by atoms with Crippen LogP contribution in [0.25, 0.3) is 10.9 Å². The summed E-state index contributed by atoms with van der Waals surface area (Å²) in [6.07, 6.45) is 0.549. The van der Waals surface area contributed by atoms with E-state index in [1.54, 1.807) is 0 Å². The van der Waals surface area contributed by atoms with Gasteiger partial charge in [0.15, 0.2) is 11.5 Å². The van der Waals surface area contributed by atoms with Crippen molar-refractivity contribution in [3.63, 3.8) is 0 Å². The van der Waals surface area contributed by atoms with E-state index in [-0.39, 0.29) is 30.6 Å². The monoisotopic (exact) mass is 523 g/mol. The van der Waals surface area contributed by atoms with E-state index in [2.05, 4.69) is 49.8 Å². The fourth-order valence-electron chi connectivity index (χ4n) is 6.00. The van der Waals surface area contributed by atoms with Gasteiger partial charge in [-0.3, -0.25) is 9.59 Å². The van der Waals surface area contributed by atoms with Gasteiger partial charge in [0.25, 0.3) is 5.91 Å². The van der Waals surface area contributed by atoms with Crippen LogP contribution in [-0.4, -0.2) is 34.1 Å². The summed E-state index contributed by atoms with van der Waals surface area (Å²) in [6, 6.07) is 20.7. The maximum Gasteiger partial charge on any atom is 0.255 e. The summed E-state index contributed by atoms with van der Waals surface area (Å²) >= 11 is 0. The third kappa shape index (κ3) is 4.22. The van der Waals surface area contributed by atoms with Crippen LogP contribution >= 0.6 is 0 Å². The minimum atomic E-state index is -0.637. The smallest absolute Gasteiger partial charge is 0.255 e. The number of aromatic nitrogens is 1. The molecule has 2 atom stereocenters. The Hall–Kier alpha value is -4.26. The van der Waals surface area contributed by atoms with Crippen LogP contribution in [0.4, 0.5) is 0 Å². The SMILES string of the molecule is Cc1c(C2c3ccccc3C(=O)N2C(CC(C)C)C(=O)NCc2ccc3c(c2)OCO3)c2ccccc2n1C. The summed E-state index contributed by atoms with van der Waals surface area (Å²) in [7, 11) is 2.05. The molecule has 1 aromatic heterocycles. The molecular formula is C32H33N3O4. The first-order chi connectivity index (χ1) is 18.8. The van der Waals surface area contributed by atoms with Gasteiger partial charge >= 0.3 is 0 Å². The Balaban J connectivity index is 1.40. The normalized spacial score (nSPS) is 16.7. The number of nitrogens with one attached hydrogen (secondary N) is 1. The molecule has 1 N–H and O–H groups in total. The van der Waals surface area contributed by atoms with Crippen LogP contribution in [0.5, 0.6) is 11.5 Å². The lowest BCUT2D eigenvalue weighted by Gasteiger charge is -2.34. The first-order valence-electron chi connectivity index (χ1n) is 13.5. The number of aryl methyl sites for hydroxylation is 1. The molecule has 7 nitrogen and oxygen atoms in total. The van der Waals surface area contributed by atoms with Gasteiger partial charge < -0.3 is 24.3 Å². The fraction of sp³-hybridized carbons (Fsp3) is 0.312. The molecule has 0 fully saturated rings. The van der Waals surface area contributed by atoms with Gasteiger partial charge in [0.05, 0.1) is 6.04 Å². The Kier molecular flexibility index (Phi) is 6.29. The molecule has 4 aromatic rings. The second-order valence-electron chi connectivity index (χ2n) is 10.8. The first-order valence-corrected chi connectivity index (χ1v) is 13.5. The second-order valence-corrected chi connectivity index (χ2v) is 10.8. The van der Waals surface area contributed by atoms with Gasteiger partial charge in [0.2, 0.25) is 12.7 Å². The molecule has 0 radical (unpaired) electrons. The molecular weight excluding hydrogens is 490 g/mol. The van der Waals surface area contributed by atoms with Crippen molar-refractivity contribution in [1.29, 1.82) is 0 Å². The molecule has 2 unspecified atom stereocenters. The number of carbonyl (C=O) groups is 2. The van der Waals surface area contributed by atoms with Crippen LogP contribution in [0.1, 0.15) is 59.1 Å². The predicted molar refractivity (Wildman–Crippen MR) is 150 cm³/mol. The van der Waals surface area contributed by atoms with Crippen LogP contribution in [0, 0.1) is 12.8 Å².